The van der Waals surface area contributed by atoms with E-state index in [-0.39, 0.29) is 11.8 Å². The Bertz CT molecular complexity index is 467. The summed E-state index contributed by atoms with van der Waals surface area (Å²) < 4.78 is 37.5. The molecule has 2 rings (SSSR count). The Hall–Kier alpha value is -1.36. The number of halogens is 3. The molecule has 0 amide bonds. The summed E-state index contributed by atoms with van der Waals surface area (Å²) in [6, 6.07) is 5.32. The zero-order valence-corrected chi connectivity index (χ0v) is 11.3. The Morgan fingerprint density at radius 3 is 2.50 bits per heavy atom. The highest BCUT2D eigenvalue weighted by Crippen LogP contribution is 2.33. The SMILES string of the molecule is CC(=O)C[C@@H]1CCN[C@H](c2ccc(C(F)(F)F)cc2)C1. The molecule has 1 N–H and O–H groups in total. The van der Waals surface area contributed by atoms with E-state index in [1.165, 1.54) is 12.1 Å². The van der Waals surface area contributed by atoms with Crippen molar-refractivity contribution in [1.82, 2.24) is 5.32 Å². The van der Waals surface area contributed by atoms with E-state index in [2.05, 4.69) is 5.32 Å². The average Bonchev–Trinajstić information content (AvgIpc) is 2.37. The molecule has 2 nitrogen and oxygen atoms in total. The fourth-order valence-electron chi connectivity index (χ4n) is 2.75. The minimum Gasteiger partial charge on any atom is -0.310 e. The summed E-state index contributed by atoms with van der Waals surface area (Å²) in [5.41, 5.74) is 0.226. The molecular weight excluding hydrogens is 267 g/mol. The average molecular weight is 285 g/mol. The Morgan fingerprint density at radius 2 is 1.95 bits per heavy atom. The smallest absolute Gasteiger partial charge is 0.310 e. The summed E-state index contributed by atoms with van der Waals surface area (Å²) in [7, 11) is 0. The van der Waals surface area contributed by atoms with Crippen molar-refractivity contribution < 1.29 is 18.0 Å². The highest BCUT2D eigenvalue weighted by atomic mass is 19.4. The molecule has 1 fully saturated rings. The van der Waals surface area contributed by atoms with Crippen LogP contribution >= 0.6 is 0 Å². The number of rotatable bonds is 3. The first-order valence-electron chi connectivity index (χ1n) is 6.76. The molecule has 0 unspecified atom stereocenters. The number of hydrogen-bond donors (Lipinski definition) is 1. The number of nitrogens with one attached hydrogen (secondary N) is 1. The lowest BCUT2D eigenvalue weighted by molar-refractivity contribution is -0.137. The molecule has 5 heteroatoms. The fourth-order valence-corrected chi connectivity index (χ4v) is 2.75. The quantitative estimate of drug-likeness (QED) is 0.917. The lowest BCUT2D eigenvalue weighted by atomic mass is 9.85. The van der Waals surface area contributed by atoms with Crippen LogP contribution in [0.4, 0.5) is 13.2 Å². The largest absolute Gasteiger partial charge is 0.416 e. The van der Waals surface area contributed by atoms with E-state index in [1.807, 2.05) is 0 Å². The second-order valence-corrected chi connectivity index (χ2v) is 5.42. The number of carbonyl (C=O) groups is 1. The predicted octanol–water partition coefficient (Wildman–Crippen LogP) is 3.73. The lowest BCUT2D eigenvalue weighted by Crippen LogP contribution is -2.32. The van der Waals surface area contributed by atoms with Gasteiger partial charge in [-0.3, -0.25) is 0 Å². The molecule has 0 aromatic heterocycles. The van der Waals surface area contributed by atoms with Crippen LogP contribution in [0.1, 0.15) is 43.4 Å². The Balaban J connectivity index is 2.05. The second kappa shape index (κ2) is 5.95. The summed E-state index contributed by atoms with van der Waals surface area (Å²) in [5, 5.41) is 3.30. The summed E-state index contributed by atoms with van der Waals surface area (Å²) >= 11 is 0. The van der Waals surface area contributed by atoms with E-state index in [9.17, 15) is 18.0 Å². The Kier molecular flexibility index (Phi) is 4.48. The van der Waals surface area contributed by atoms with Crippen LogP contribution < -0.4 is 5.32 Å². The first kappa shape index (κ1) is 15.0. The second-order valence-electron chi connectivity index (χ2n) is 5.42. The van der Waals surface area contributed by atoms with Crippen LogP contribution in [-0.2, 0) is 11.0 Å². The van der Waals surface area contributed by atoms with Crippen molar-refractivity contribution in [2.75, 3.05) is 6.54 Å². The zero-order valence-electron chi connectivity index (χ0n) is 11.3. The van der Waals surface area contributed by atoms with Crippen molar-refractivity contribution in [1.29, 1.82) is 0 Å². The number of benzene rings is 1. The van der Waals surface area contributed by atoms with Gasteiger partial charge >= 0.3 is 6.18 Å². The number of piperidine rings is 1. The molecule has 1 aliphatic rings. The molecule has 0 radical (unpaired) electrons. The van der Waals surface area contributed by atoms with Crippen LogP contribution in [0.5, 0.6) is 0 Å². The van der Waals surface area contributed by atoms with E-state index >= 15 is 0 Å². The lowest BCUT2D eigenvalue weighted by Gasteiger charge is -2.30. The minimum atomic E-state index is -4.30. The van der Waals surface area contributed by atoms with Crippen molar-refractivity contribution in [3.8, 4) is 0 Å². The maximum Gasteiger partial charge on any atom is 0.416 e. The van der Waals surface area contributed by atoms with Gasteiger partial charge in [0.1, 0.15) is 5.78 Å². The monoisotopic (exact) mass is 285 g/mol. The van der Waals surface area contributed by atoms with E-state index in [4.69, 9.17) is 0 Å². The van der Waals surface area contributed by atoms with Gasteiger partial charge in [0.25, 0.3) is 0 Å². The van der Waals surface area contributed by atoms with Crippen LogP contribution in [0.2, 0.25) is 0 Å². The minimum absolute atomic E-state index is 0.0374. The molecule has 0 bridgehead atoms. The third-order valence-electron chi connectivity index (χ3n) is 3.73. The molecule has 1 aromatic rings. The highest BCUT2D eigenvalue weighted by molar-refractivity contribution is 5.75. The van der Waals surface area contributed by atoms with Gasteiger partial charge in [-0.15, -0.1) is 0 Å². The number of Topliss-reactive ketones (excluding diaryl/α,β-unsaturated/α-hetero) is 1. The van der Waals surface area contributed by atoms with Gasteiger partial charge < -0.3 is 10.1 Å². The van der Waals surface area contributed by atoms with Gasteiger partial charge in [-0.1, -0.05) is 12.1 Å². The molecular formula is C15H18F3NO. The van der Waals surface area contributed by atoms with Crippen LogP contribution in [0, 0.1) is 5.92 Å². The molecule has 0 spiro atoms. The molecule has 2 atom stereocenters. The summed E-state index contributed by atoms with van der Waals surface area (Å²) in [6.45, 7) is 2.37. The van der Waals surface area contributed by atoms with Crippen LogP contribution in [0.3, 0.4) is 0 Å². The topological polar surface area (TPSA) is 29.1 Å². The molecule has 110 valence electrons. The van der Waals surface area contributed by atoms with Gasteiger partial charge in [-0.2, -0.15) is 13.2 Å². The van der Waals surface area contributed by atoms with Gasteiger partial charge in [0.2, 0.25) is 0 Å². The Morgan fingerprint density at radius 1 is 1.30 bits per heavy atom. The highest BCUT2D eigenvalue weighted by Gasteiger charge is 2.30. The van der Waals surface area contributed by atoms with Gasteiger partial charge in [-0.25, -0.2) is 0 Å². The van der Waals surface area contributed by atoms with E-state index in [0.29, 0.717) is 12.3 Å². The number of ketones is 1. The van der Waals surface area contributed by atoms with Crippen molar-refractivity contribution in [3.05, 3.63) is 35.4 Å². The third kappa shape index (κ3) is 3.82. The fraction of sp³-hybridized carbons (Fsp3) is 0.533. The van der Waals surface area contributed by atoms with Crippen LogP contribution in [-0.4, -0.2) is 12.3 Å². The van der Waals surface area contributed by atoms with Crippen LogP contribution in [0.15, 0.2) is 24.3 Å². The third-order valence-corrected chi connectivity index (χ3v) is 3.73. The summed E-state index contributed by atoms with van der Waals surface area (Å²) in [6.07, 6.45) is -2.00. The molecule has 1 aromatic carbocycles. The first-order valence-corrected chi connectivity index (χ1v) is 6.76. The summed E-state index contributed by atoms with van der Waals surface area (Å²) in [4.78, 5) is 11.2. The van der Waals surface area contributed by atoms with Crippen LogP contribution in [0.25, 0.3) is 0 Å². The van der Waals surface area contributed by atoms with E-state index < -0.39 is 11.7 Å². The standard InChI is InChI=1S/C15H18F3NO/c1-10(20)8-11-6-7-19-14(9-11)12-2-4-13(5-3-12)15(16,17)18/h2-5,11,14,19H,6-9H2,1H3/t11-,14-/m0/s1. The summed E-state index contributed by atoms with van der Waals surface area (Å²) in [5.74, 6) is 0.490. The van der Waals surface area contributed by atoms with Gasteiger partial charge in [0.05, 0.1) is 5.56 Å². The molecule has 0 aliphatic carbocycles. The molecule has 1 aliphatic heterocycles. The normalized spacial score (nSPS) is 23.6. The zero-order chi connectivity index (χ0) is 14.8. The van der Waals surface area contributed by atoms with E-state index in [1.54, 1.807) is 6.92 Å². The van der Waals surface area contributed by atoms with Crippen molar-refractivity contribution in [2.24, 2.45) is 5.92 Å². The van der Waals surface area contributed by atoms with E-state index in [0.717, 1.165) is 37.1 Å². The van der Waals surface area contributed by atoms with Crippen molar-refractivity contribution in [3.63, 3.8) is 0 Å². The maximum absolute atomic E-state index is 12.5. The predicted molar refractivity (Wildman–Crippen MR) is 70.2 cm³/mol. The number of hydrogen-bond acceptors (Lipinski definition) is 2. The number of alkyl halides is 3. The van der Waals surface area contributed by atoms with Gasteiger partial charge in [0.15, 0.2) is 0 Å². The Labute approximate surface area is 116 Å². The van der Waals surface area contributed by atoms with Crippen molar-refractivity contribution >= 4 is 5.78 Å². The molecule has 20 heavy (non-hydrogen) atoms. The van der Waals surface area contributed by atoms with Gasteiger partial charge in [-0.05, 0) is 49.9 Å². The molecule has 0 saturated carbocycles. The van der Waals surface area contributed by atoms with Gasteiger partial charge in [0, 0.05) is 12.5 Å². The molecule has 1 heterocycles. The molecule has 1 saturated heterocycles. The van der Waals surface area contributed by atoms with Crippen molar-refractivity contribution in [2.45, 2.75) is 38.4 Å². The maximum atomic E-state index is 12.5. The number of carbonyl (C=O) groups excluding carboxylic acids is 1. The first-order chi connectivity index (χ1) is 9.36.